The summed E-state index contributed by atoms with van der Waals surface area (Å²) in [6, 6.07) is 0. The normalized spacial score (nSPS) is 10.6. The van der Waals surface area contributed by atoms with E-state index in [0.717, 1.165) is 25.7 Å². The topological polar surface area (TPSA) is 46.3 Å². The maximum Gasteiger partial charge on any atom is 0.225 e. The van der Waals surface area contributed by atoms with Crippen molar-refractivity contribution in [3.8, 4) is 0 Å². The molecule has 0 heterocycles. The summed E-state index contributed by atoms with van der Waals surface area (Å²) in [5.74, 6) is 0.473. The summed E-state index contributed by atoms with van der Waals surface area (Å²) in [4.78, 5) is 13.6. The Balaban J connectivity index is 4.11. The second-order valence-corrected chi connectivity index (χ2v) is 3.82. The molecular formula is C11H24N2O. The van der Waals surface area contributed by atoms with Gasteiger partial charge in [0.2, 0.25) is 5.91 Å². The minimum absolute atomic E-state index is 0.210. The van der Waals surface area contributed by atoms with E-state index in [4.69, 9.17) is 5.73 Å². The van der Waals surface area contributed by atoms with Gasteiger partial charge in [-0.25, -0.2) is 0 Å². The van der Waals surface area contributed by atoms with Gasteiger partial charge in [-0.15, -0.1) is 0 Å². The quantitative estimate of drug-likeness (QED) is 0.679. The van der Waals surface area contributed by atoms with Crippen LogP contribution in [0.3, 0.4) is 0 Å². The van der Waals surface area contributed by atoms with E-state index in [1.54, 1.807) is 4.90 Å². The number of nitrogens with zero attached hydrogens (tertiary/aromatic N) is 1. The molecule has 0 unspecified atom stereocenters. The van der Waals surface area contributed by atoms with Crippen molar-refractivity contribution in [3.05, 3.63) is 0 Å². The van der Waals surface area contributed by atoms with Gasteiger partial charge in [0.05, 0.1) is 0 Å². The molecule has 3 heteroatoms. The molecule has 14 heavy (non-hydrogen) atoms. The minimum Gasteiger partial charge on any atom is -0.344 e. The van der Waals surface area contributed by atoms with Crippen molar-refractivity contribution in [2.75, 3.05) is 20.1 Å². The first kappa shape index (κ1) is 13.4. The Labute approximate surface area is 87.6 Å². The van der Waals surface area contributed by atoms with Crippen LogP contribution in [0.4, 0.5) is 0 Å². The van der Waals surface area contributed by atoms with Crippen LogP contribution in [0, 0.1) is 5.92 Å². The average molecular weight is 200 g/mol. The lowest BCUT2D eigenvalue weighted by Crippen LogP contribution is -2.36. The van der Waals surface area contributed by atoms with Gasteiger partial charge in [-0.2, -0.15) is 0 Å². The molecule has 0 aromatic heterocycles. The van der Waals surface area contributed by atoms with E-state index in [9.17, 15) is 4.79 Å². The van der Waals surface area contributed by atoms with Crippen LogP contribution in [0.25, 0.3) is 0 Å². The first-order valence-electron chi connectivity index (χ1n) is 5.62. The average Bonchev–Trinajstić information content (AvgIpc) is 2.17. The fourth-order valence-corrected chi connectivity index (χ4v) is 1.70. The van der Waals surface area contributed by atoms with E-state index in [0.29, 0.717) is 13.1 Å². The van der Waals surface area contributed by atoms with Crippen molar-refractivity contribution < 1.29 is 4.79 Å². The summed E-state index contributed by atoms with van der Waals surface area (Å²) < 4.78 is 0. The number of likely N-dealkylation sites (N-methyl/N-ethyl adjacent to an activating group) is 1. The van der Waals surface area contributed by atoms with Gasteiger partial charge < -0.3 is 10.6 Å². The Morgan fingerprint density at radius 2 is 1.79 bits per heavy atom. The van der Waals surface area contributed by atoms with E-state index in [1.165, 1.54) is 0 Å². The largest absolute Gasteiger partial charge is 0.344 e. The minimum atomic E-state index is 0.210. The molecule has 0 radical (unpaired) electrons. The molecule has 0 aliphatic rings. The summed E-state index contributed by atoms with van der Waals surface area (Å²) in [5.41, 5.74) is 5.42. The van der Waals surface area contributed by atoms with Crippen molar-refractivity contribution in [1.29, 1.82) is 0 Å². The molecule has 0 aliphatic carbocycles. The smallest absolute Gasteiger partial charge is 0.225 e. The Kier molecular flexibility index (Phi) is 7.48. The zero-order valence-corrected chi connectivity index (χ0v) is 9.75. The van der Waals surface area contributed by atoms with Crippen molar-refractivity contribution >= 4 is 5.91 Å². The van der Waals surface area contributed by atoms with Gasteiger partial charge >= 0.3 is 0 Å². The molecule has 0 rings (SSSR count). The molecule has 0 fully saturated rings. The number of carbonyl (C=O) groups is 1. The lowest BCUT2D eigenvalue weighted by Gasteiger charge is -2.22. The Hall–Kier alpha value is -0.570. The SMILES string of the molecule is CCCC(CCC)C(=O)N(C)CCN. The number of amides is 1. The van der Waals surface area contributed by atoms with E-state index in [-0.39, 0.29) is 11.8 Å². The van der Waals surface area contributed by atoms with E-state index < -0.39 is 0 Å². The third-order valence-electron chi connectivity index (χ3n) is 2.46. The van der Waals surface area contributed by atoms with Gasteiger partial charge in [0, 0.05) is 26.1 Å². The van der Waals surface area contributed by atoms with Gasteiger partial charge in [0.15, 0.2) is 0 Å². The van der Waals surface area contributed by atoms with Crippen molar-refractivity contribution in [2.45, 2.75) is 39.5 Å². The maximum atomic E-state index is 11.9. The molecule has 0 saturated heterocycles. The van der Waals surface area contributed by atoms with Crippen LogP contribution >= 0.6 is 0 Å². The Bertz CT molecular complexity index is 153. The summed E-state index contributed by atoms with van der Waals surface area (Å²) in [6.07, 6.45) is 4.16. The summed E-state index contributed by atoms with van der Waals surface area (Å²) >= 11 is 0. The second-order valence-electron chi connectivity index (χ2n) is 3.82. The summed E-state index contributed by atoms with van der Waals surface area (Å²) in [5, 5.41) is 0. The monoisotopic (exact) mass is 200 g/mol. The van der Waals surface area contributed by atoms with Crippen LogP contribution in [0.15, 0.2) is 0 Å². The first-order chi connectivity index (χ1) is 6.67. The highest BCUT2D eigenvalue weighted by atomic mass is 16.2. The highest BCUT2D eigenvalue weighted by molar-refractivity contribution is 5.78. The van der Waals surface area contributed by atoms with Crippen molar-refractivity contribution in [1.82, 2.24) is 4.90 Å². The number of carbonyl (C=O) groups excluding carboxylic acids is 1. The van der Waals surface area contributed by atoms with Gasteiger partial charge in [-0.05, 0) is 12.8 Å². The fourth-order valence-electron chi connectivity index (χ4n) is 1.70. The van der Waals surface area contributed by atoms with E-state index in [2.05, 4.69) is 13.8 Å². The van der Waals surface area contributed by atoms with Crippen LogP contribution in [0.1, 0.15) is 39.5 Å². The van der Waals surface area contributed by atoms with Crippen molar-refractivity contribution in [2.24, 2.45) is 11.7 Å². The van der Waals surface area contributed by atoms with Crippen molar-refractivity contribution in [3.63, 3.8) is 0 Å². The number of hydrogen-bond acceptors (Lipinski definition) is 2. The zero-order chi connectivity index (χ0) is 11.0. The lowest BCUT2D eigenvalue weighted by atomic mass is 9.97. The van der Waals surface area contributed by atoms with Gasteiger partial charge in [0.1, 0.15) is 0 Å². The predicted octanol–water partition coefficient (Wildman–Crippen LogP) is 1.62. The van der Waals surface area contributed by atoms with Crippen LogP contribution in [-0.2, 0) is 4.79 Å². The van der Waals surface area contributed by atoms with Gasteiger partial charge in [-0.3, -0.25) is 4.79 Å². The third-order valence-corrected chi connectivity index (χ3v) is 2.46. The molecule has 0 saturated carbocycles. The summed E-state index contributed by atoms with van der Waals surface area (Å²) in [6.45, 7) is 5.47. The molecule has 84 valence electrons. The fraction of sp³-hybridized carbons (Fsp3) is 0.909. The molecule has 0 spiro atoms. The standard InChI is InChI=1S/C11H24N2O/c1-4-6-10(7-5-2)11(14)13(3)9-8-12/h10H,4-9,12H2,1-3H3. The molecule has 0 aromatic carbocycles. The number of rotatable bonds is 7. The molecule has 0 aromatic rings. The molecule has 0 bridgehead atoms. The highest BCUT2D eigenvalue weighted by Gasteiger charge is 2.19. The van der Waals surface area contributed by atoms with E-state index >= 15 is 0 Å². The zero-order valence-electron chi connectivity index (χ0n) is 9.75. The molecule has 0 atom stereocenters. The van der Waals surface area contributed by atoms with Crippen LogP contribution < -0.4 is 5.73 Å². The predicted molar refractivity (Wildman–Crippen MR) is 60.0 cm³/mol. The highest BCUT2D eigenvalue weighted by Crippen LogP contribution is 2.15. The van der Waals surface area contributed by atoms with Crippen LogP contribution in [0.2, 0.25) is 0 Å². The molecule has 2 N–H and O–H groups in total. The van der Waals surface area contributed by atoms with Crippen LogP contribution in [0.5, 0.6) is 0 Å². The first-order valence-corrected chi connectivity index (χ1v) is 5.62. The summed E-state index contributed by atoms with van der Waals surface area (Å²) in [7, 11) is 1.84. The molecule has 1 amide bonds. The van der Waals surface area contributed by atoms with Gasteiger partial charge in [0.25, 0.3) is 0 Å². The van der Waals surface area contributed by atoms with E-state index in [1.807, 2.05) is 7.05 Å². The molecular weight excluding hydrogens is 176 g/mol. The Morgan fingerprint density at radius 3 is 2.14 bits per heavy atom. The Morgan fingerprint density at radius 1 is 1.29 bits per heavy atom. The van der Waals surface area contributed by atoms with Gasteiger partial charge in [-0.1, -0.05) is 26.7 Å². The van der Waals surface area contributed by atoms with Crippen LogP contribution in [-0.4, -0.2) is 30.9 Å². The number of hydrogen-bond donors (Lipinski definition) is 1. The lowest BCUT2D eigenvalue weighted by molar-refractivity contribution is -0.134. The molecule has 3 nitrogen and oxygen atoms in total. The molecule has 0 aliphatic heterocycles. The second kappa shape index (κ2) is 7.80. The number of nitrogens with two attached hydrogens (primary N) is 1. The maximum absolute atomic E-state index is 11.9. The third kappa shape index (κ3) is 4.61.